The van der Waals surface area contributed by atoms with Crippen molar-refractivity contribution in [2.24, 2.45) is 0 Å². The molecule has 0 spiro atoms. The first-order valence-corrected chi connectivity index (χ1v) is 10.9. The number of fused-ring (bicyclic) bond motifs is 1. The largest absolute Gasteiger partial charge is 0.368 e. The number of hydrogen-bond acceptors (Lipinski definition) is 8. The summed E-state index contributed by atoms with van der Waals surface area (Å²) in [6, 6.07) is 20.6. The summed E-state index contributed by atoms with van der Waals surface area (Å²) in [4.78, 5) is 22.2. The molecule has 3 heterocycles. The molecule has 0 aliphatic carbocycles. The van der Waals surface area contributed by atoms with E-state index in [1.54, 1.807) is 17.0 Å². The number of nitrogens with two attached hydrogens (primary N) is 1. The Morgan fingerprint density at radius 1 is 1.06 bits per heavy atom. The molecule has 170 valence electrons. The molecule has 1 atom stereocenters. The lowest BCUT2D eigenvalue weighted by atomic mass is 9.99. The molecule has 1 unspecified atom stereocenters. The van der Waals surface area contributed by atoms with Gasteiger partial charge >= 0.3 is 0 Å². The highest BCUT2D eigenvalue weighted by molar-refractivity contribution is 5.96. The van der Waals surface area contributed by atoms with Crippen LogP contribution in [0.25, 0.3) is 27.6 Å². The standard InChI is InChI=1S/C26H20N8O/c1-16(32-24-19(13-27)14-29-26(28)33-24)22-12-17-6-5-9-21(18-10-11-30-31-15-18)23(17)25(35)34(22)20-7-3-2-4-8-20/h2-12,14-16H,1H3,(H3,28,29,32,33). The van der Waals surface area contributed by atoms with Crippen LogP contribution in [0.3, 0.4) is 0 Å². The minimum absolute atomic E-state index is 0.0493. The molecular weight excluding hydrogens is 440 g/mol. The van der Waals surface area contributed by atoms with Gasteiger partial charge in [-0.1, -0.05) is 36.4 Å². The van der Waals surface area contributed by atoms with Gasteiger partial charge in [-0.2, -0.15) is 20.4 Å². The van der Waals surface area contributed by atoms with Crippen LogP contribution in [-0.2, 0) is 0 Å². The Balaban J connectivity index is 1.75. The fourth-order valence-electron chi connectivity index (χ4n) is 4.10. The number of hydrogen-bond donors (Lipinski definition) is 2. The lowest BCUT2D eigenvalue weighted by molar-refractivity contribution is 0.772. The number of nitriles is 1. The van der Waals surface area contributed by atoms with E-state index in [9.17, 15) is 10.1 Å². The van der Waals surface area contributed by atoms with Crippen LogP contribution in [0.15, 0.2) is 84.0 Å². The Kier molecular flexibility index (Phi) is 5.61. The minimum Gasteiger partial charge on any atom is -0.368 e. The van der Waals surface area contributed by atoms with Crippen LogP contribution in [0.2, 0.25) is 0 Å². The van der Waals surface area contributed by atoms with Crippen molar-refractivity contribution in [1.82, 2.24) is 24.7 Å². The van der Waals surface area contributed by atoms with Crippen molar-refractivity contribution in [3.8, 4) is 22.9 Å². The molecule has 0 amide bonds. The lowest BCUT2D eigenvalue weighted by Crippen LogP contribution is -2.26. The van der Waals surface area contributed by atoms with E-state index in [1.807, 2.05) is 67.6 Å². The first kappa shape index (κ1) is 21.7. The van der Waals surface area contributed by atoms with E-state index >= 15 is 0 Å². The fraction of sp³-hybridized carbons (Fsp3) is 0.0769. The molecule has 9 heteroatoms. The van der Waals surface area contributed by atoms with E-state index in [4.69, 9.17) is 5.73 Å². The van der Waals surface area contributed by atoms with E-state index in [1.165, 1.54) is 6.20 Å². The second-order valence-electron chi connectivity index (χ2n) is 7.91. The fourth-order valence-corrected chi connectivity index (χ4v) is 4.10. The molecule has 0 radical (unpaired) electrons. The van der Waals surface area contributed by atoms with Crippen LogP contribution in [0.1, 0.15) is 24.2 Å². The van der Waals surface area contributed by atoms with Crippen molar-refractivity contribution < 1.29 is 0 Å². The zero-order valence-electron chi connectivity index (χ0n) is 18.8. The monoisotopic (exact) mass is 460 g/mol. The van der Waals surface area contributed by atoms with Crippen LogP contribution < -0.4 is 16.6 Å². The van der Waals surface area contributed by atoms with Crippen molar-refractivity contribution in [2.45, 2.75) is 13.0 Å². The number of rotatable bonds is 5. The van der Waals surface area contributed by atoms with Crippen LogP contribution in [0, 0.1) is 11.3 Å². The number of nitrogen functional groups attached to an aromatic ring is 1. The summed E-state index contributed by atoms with van der Waals surface area (Å²) in [6.45, 7) is 1.90. The van der Waals surface area contributed by atoms with E-state index in [-0.39, 0.29) is 17.1 Å². The van der Waals surface area contributed by atoms with Gasteiger partial charge in [0, 0.05) is 16.9 Å². The van der Waals surface area contributed by atoms with Crippen molar-refractivity contribution >= 4 is 22.5 Å². The van der Waals surface area contributed by atoms with Gasteiger partial charge in [0.25, 0.3) is 5.56 Å². The van der Waals surface area contributed by atoms with Gasteiger partial charge in [0.2, 0.25) is 5.95 Å². The molecule has 0 aliphatic heterocycles. The second-order valence-corrected chi connectivity index (χ2v) is 7.91. The summed E-state index contributed by atoms with van der Waals surface area (Å²) in [5.41, 5.74) is 8.82. The van der Waals surface area contributed by atoms with Crippen molar-refractivity contribution in [1.29, 1.82) is 5.26 Å². The average Bonchev–Trinajstić information content (AvgIpc) is 2.89. The number of anilines is 2. The van der Waals surface area contributed by atoms with Gasteiger partial charge in [-0.05, 0) is 42.1 Å². The summed E-state index contributed by atoms with van der Waals surface area (Å²) in [5.74, 6) is 0.351. The summed E-state index contributed by atoms with van der Waals surface area (Å²) in [6.07, 6.45) is 4.61. The number of aromatic nitrogens is 5. The van der Waals surface area contributed by atoms with Gasteiger partial charge in [-0.3, -0.25) is 9.36 Å². The van der Waals surface area contributed by atoms with Gasteiger partial charge in [-0.15, -0.1) is 0 Å². The quantitative estimate of drug-likeness (QED) is 0.403. The normalized spacial score (nSPS) is 11.7. The second kappa shape index (κ2) is 9.03. The summed E-state index contributed by atoms with van der Waals surface area (Å²) in [7, 11) is 0. The Bertz CT molecular complexity index is 1630. The van der Waals surface area contributed by atoms with Crippen LogP contribution in [0.5, 0.6) is 0 Å². The maximum absolute atomic E-state index is 14.1. The highest BCUT2D eigenvalue weighted by Crippen LogP contribution is 2.30. The van der Waals surface area contributed by atoms with Crippen LogP contribution in [-0.4, -0.2) is 24.7 Å². The molecule has 0 saturated heterocycles. The molecule has 5 rings (SSSR count). The Labute approximate surface area is 200 Å². The molecule has 35 heavy (non-hydrogen) atoms. The molecular formula is C26H20N8O. The molecule has 3 N–H and O–H groups in total. The zero-order chi connectivity index (χ0) is 24.4. The first-order chi connectivity index (χ1) is 17.1. The van der Waals surface area contributed by atoms with Gasteiger partial charge in [0.05, 0.1) is 30.0 Å². The van der Waals surface area contributed by atoms with Gasteiger partial charge in [0.15, 0.2) is 0 Å². The number of para-hydroxylation sites is 1. The van der Waals surface area contributed by atoms with Crippen LogP contribution >= 0.6 is 0 Å². The van der Waals surface area contributed by atoms with Crippen LogP contribution in [0.4, 0.5) is 11.8 Å². The van der Waals surface area contributed by atoms with E-state index in [0.29, 0.717) is 22.6 Å². The third-order valence-electron chi connectivity index (χ3n) is 5.71. The topological polar surface area (TPSA) is 135 Å². The number of nitrogens with zero attached hydrogens (tertiary/aromatic N) is 6. The molecule has 2 aromatic carbocycles. The molecule has 0 saturated carbocycles. The smallest absolute Gasteiger partial charge is 0.263 e. The van der Waals surface area contributed by atoms with E-state index in [0.717, 1.165) is 16.5 Å². The molecule has 3 aromatic heterocycles. The van der Waals surface area contributed by atoms with E-state index < -0.39 is 6.04 Å². The van der Waals surface area contributed by atoms with Crippen molar-refractivity contribution in [3.63, 3.8) is 0 Å². The predicted molar refractivity (Wildman–Crippen MR) is 134 cm³/mol. The van der Waals surface area contributed by atoms with Gasteiger partial charge < -0.3 is 11.1 Å². The number of pyridine rings is 1. The number of nitrogens with one attached hydrogen (secondary N) is 1. The molecule has 0 bridgehead atoms. The van der Waals surface area contributed by atoms with Gasteiger partial charge in [0.1, 0.15) is 17.5 Å². The maximum Gasteiger partial charge on any atom is 0.263 e. The third-order valence-corrected chi connectivity index (χ3v) is 5.71. The molecule has 5 aromatic rings. The first-order valence-electron chi connectivity index (χ1n) is 10.9. The Hall–Kier alpha value is -5.10. The molecule has 0 fully saturated rings. The van der Waals surface area contributed by atoms with Gasteiger partial charge in [-0.25, -0.2) is 4.98 Å². The van der Waals surface area contributed by atoms with Crippen molar-refractivity contribution in [3.05, 3.63) is 101 Å². The Morgan fingerprint density at radius 3 is 2.63 bits per heavy atom. The summed E-state index contributed by atoms with van der Waals surface area (Å²) >= 11 is 0. The van der Waals surface area contributed by atoms with E-state index in [2.05, 4.69) is 31.6 Å². The third kappa shape index (κ3) is 4.05. The Morgan fingerprint density at radius 2 is 1.89 bits per heavy atom. The lowest BCUT2D eigenvalue weighted by Gasteiger charge is -2.22. The highest BCUT2D eigenvalue weighted by atomic mass is 16.1. The highest BCUT2D eigenvalue weighted by Gasteiger charge is 2.20. The molecule has 0 aliphatic rings. The predicted octanol–water partition coefficient (Wildman–Crippen LogP) is 3.86. The minimum atomic E-state index is -0.403. The zero-order valence-corrected chi connectivity index (χ0v) is 18.8. The summed E-state index contributed by atoms with van der Waals surface area (Å²) < 4.78 is 1.68. The number of benzene rings is 2. The van der Waals surface area contributed by atoms with Crippen molar-refractivity contribution in [2.75, 3.05) is 11.1 Å². The average molecular weight is 461 g/mol. The summed E-state index contributed by atoms with van der Waals surface area (Å²) in [5, 5.41) is 21.9. The molecule has 9 nitrogen and oxygen atoms in total. The SMILES string of the molecule is CC(Nc1nc(N)ncc1C#N)c1cc2cccc(-c3ccnnc3)c2c(=O)n1-c1ccccc1. The maximum atomic E-state index is 14.1.